The SMILES string of the molecule is CCCC(CCCN)c1cc(Cl)c(OC)cc1OC. The molecule has 4 heteroatoms. The number of nitrogens with two attached hydrogens (primary N) is 1. The van der Waals surface area contributed by atoms with E-state index in [1.54, 1.807) is 14.2 Å². The van der Waals surface area contributed by atoms with Crippen LogP contribution in [0.3, 0.4) is 0 Å². The Bertz CT molecular complexity index is 396. The van der Waals surface area contributed by atoms with Crippen LogP contribution in [0.25, 0.3) is 0 Å². The minimum Gasteiger partial charge on any atom is -0.496 e. The molecule has 1 atom stereocenters. The summed E-state index contributed by atoms with van der Waals surface area (Å²) in [5, 5.41) is 0.632. The first-order valence-corrected chi connectivity index (χ1v) is 7.17. The van der Waals surface area contributed by atoms with Gasteiger partial charge in [0.25, 0.3) is 0 Å². The van der Waals surface area contributed by atoms with Crippen molar-refractivity contribution in [3.8, 4) is 11.5 Å². The van der Waals surface area contributed by atoms with E-state index >= 15 is 0 Å². The van der Waals surface area contributed by atoms with Gasteiger partial charge in [0, 0.05) is 6.07 Å². The number of ether oxygens (including phenoxy) is 2. The fourth-order valence-corrected chi connectivity index (χ4v) is 2.62. The summed E-state index contributed by atoms with van der Waals surface area (Å²) < 4.78 is 10.7. The Morgan fingerprint density at radius 3 is 2.37 bits per heavy atom. The molecule has 1 aromatic carbocycles. The highest BCUT2D eigenvalue weighted by Crippen LogP contribution is 2.39. The molecular formula is C15H24ClNO2. The lowest BCUT2D eigenvalue weighted by atomic mass is 9.89. The second-order valence-corrected chi connectivity index (χ2v) is 5.05. The first-order chi connectivity index (χ1) is 9.17. The Hall–Kier alpha value is -0.930. The van der Waals surface area contributed by atoms with Gasteiger partial charge in [0.2, 0.25) is 0 Å². The summed E-state index contributed by atoms with van der Waals surface area (Å²) in [5.41, 5.74) is 6.78. The topological polar surface area (TPSA) is 44.5 Å². The Balaban J connectivity index is 3.09. The zero-order valence-corrected chi connectivity index (χ0v) is 12.8. The van der Waals surface area contributed by atoms with Crippen LogP contribution >= 0.6 is 11.6 Å². The van der Waals surface area contributed by atoms with E-state index in [1.807, 2.05) is 12.1 Å². The number of halogens is 1. The predicted molar refractivity (Wildman–Crippen MR) is 80.5 cm³/mol. The molecule has 0 aliphatic carbocycles. The highest BCUT2D eigenvalue weighted by Gasteiger charge is 2.18. The van der Waals surface area contributed by atoms with Crippen molar-refractivity contribution in [3.05, 3.63) is 22.7 Å². The highest BCUT2D eigenvalue weighted by atomic mass is 35.5. The molecule has 1 unspecified atom stereocenters. The van der Waals surface area contributed by atoms with Gasteiger partial charge in [0.15, 0.2) is 0 Å². The fourth-order valence-electron chi connectivity index (χ4n) is 2.37. The van der Waals surface area contributed by atoms with Crippen LogP contribution < -0.4 is 15.2 Å². The standard InChI is InChI=1S/C15H24ClNO2/c1-4-6-11(7-5-8-17)12-9-13(16)15(19-3)10-14(12)18-2/h9-11H,4-8,17H2,1-3H3. The van der Waals surface area contributed by atoms with Gasteiger partial charge >= 0.3 is 0 Å². The van der Waals surface area contributed by atoms with E-state index in [1.165, 1.54) is 0 Å². The largest absolute Gasteiger partial charge is 0.496 e. The van der Waals surface area contributed by atoms with E-state index in [0.29, 0.717) is 23.2 Å². The molecule has 0 aromatic heterocycles. The first-order valence-electron chi connectivity index (χ1n) is 6.79. The van der Waals surface area contributed by atoms with Gasteiger partial charge in [-0.25, -0.2) is 0 Å². The minimum absolute atomic E-state index is 0.437. The van der Waals surface area contributed by atoms with Gasteiger partial charge < -0.3 is 15.2 Å². The number of methoxy groups -OCH3 is 2. The average Bonchev–Trinajstić information content (AvgIpc) is 2.43. The molecule has 1 rings (SSSR count). The van der Waals surface area contributed by atoms with Crippen molar-refractivity contribution < 1.29 is 9.47 Å². The third-order valence-corrected chi connectivity index (χ3v) is 3.63. The van der Waals surface area contributed by atoms with E-state index in [4.69, 9.17) is 26.8 Å². The molecule has 2 N–H and O–H groups in total. The van der Waals surface area contributed by atoms with Crippen molar-refractivity contribution in [1.29, 1.82) is 0 Å². The summed E-state index contributed by atoms with van der Waals surface area (Å²) in [4.78, 5) is 0. The monoisotopic (exact) mass is 285 g/mol. The molecule has 1 aromatic rings. The van der Waals surface area contributed by atoms with E-state index in [9.17, 15) is 0 Å². The van der Waals surface area contributed by atoms with Crippen LogP contribution in [-0.2, 0) is 0 Å². The number of benzene rings is 1. The van der Waals surface area contributed by atoms with Gasteiger partial charge in [0.05, 0.1) is 19.2 Å². The van der Waals surface area contributed by atoms with Gasteiger partial charge in [-0.3, -0.25) is 0 Å². The molecule has 0 spiro atoms. The number of hydrogen-bond donors (Lipinski definition) is 1. The fraction of sp³-hybridized carbons (Fsp3) is 0.600. The predicted octanol–water partition coefficient (Wildman–Crippen LogP) is 3.98. The summed E-state index contributed by atoms with van der Waals surface area (Å²) >= 11 is 6.23. The summed E-state index contributed by atoms with van der Waals surface area (Å²) in [6.45, 7) is 2.90. The zero-order valence-electron chi connectivity index (χ0n) is 12.0. The Kier molecular flexibility index (Phi) is 7.03. The van der Waals surface area contributed by atoms with Gasteiger partial charge in [-0.15, -0.1) is 0 Å². The van der Waals surface area contributed by atoms with Crippen LogP contribution in [0.2, 0.25) is 5.02 Å². The summed E-state index contributed by atoms with van der Waals surface area (Å²) in [6, 6.07) is 3.83. The molecular weight excluding hydrogens is 262 g/mol. The van der Waals surface area contributed by atoms with Gasteiger partial charge in [-0.05, 0) is 43.4 Å². The van der Waals surface area contributed by atoms with Crippen molar-refractivity contribution in [2.75, 3.05) is 20.8 Å². The van der Waals surface area contributed by atoms with Crippen LogP contribution in [-0.4, -0.2) is 20.8 Å². The molecule has 19 heavy (non-hydrogen) atoms. The van der Waals surface area contributed by atoms with E-state index in [0.717, 1.165) is 37.0 Å². The van der Waals surface area contributed by atoms with E-state index in [2.05, 4.69) is 6.92 Å². The molecule has 0 radical (unpaired) electrons. The Morgan fingerprint density at radius 1 is 1.16 bits per heavy atom. The maximum Gasteiger partial charge on any atom is 0.141 e. The minimum atomic E-state index is 0.437. The molecule has 0 saturated heterocycles. The maximum atomic E-state index is 6.23. The quantitative estimate of drug-likeness (QED) is 0.786. The zero-order chi connectivity index (χ0) is 14.3. The normalized spacial score (nSPS) is 12.3. The number of rotatable bonds is 8. The van der Waals surface area contributed by atoms with Gasteiger partial charge in [0.1, 0.15) is 11.5 Å². The molecule has 0 aliphatic rings. The molecule has 3 nitrogen and oxygen atoms in total. The highest BCUT2D eigenvalue weighted by molar-refractivity contribution is 6.32. The number of hydrogen-bond acceptors (Lipinski definition) is 3. The Labute approximate surface area is 121 Å². The van der Waals surface area contributed by atoms with Crippen LogP contribution in [0.1, 0.15) is 44.1 Å². The van der Waals surface area contributed by atoms with Crippen LogP contribution in [0.5, 0.6) is 11.5 Å². The summed E-state index contributed by atoms with van der Waals surface area (Å²) in [5.74, 6) is 1.93. The van der Waals surface area contributed by atoms with Crippen LogP contribution in [0, 0.1) is 0 Å². The van der Waals surface area contributed by atoms with Gasteiger partial charge in [-0.2, -0.15) is 0 Å². The van der Waals surface area contributed by atoms with E-state index < -0.39 is 0 Å². The summed E-state index contributed by atoms with van der Waals surface area (Å²) in [7, 11) is 3.29. The van der Waals surface area contributed by atoms with E-state index in [-0.39, 0.29) is 0 Å². The molecule has 0 aliphatic heterocycles. The van der Waals surface area contributed by atoms with Crippen molar-refractivity contribution in [2.45, 2.75) is 38.5 Å². The van der Waals surface area contributed by atoms with Crippen molar-refractivity contribution >= 4 is 11.6 Å². The molecule has 0 saturated carbocycles. The van der Waals surface area contributed by atoms with Crippen LogP contribution in [0.4, 0.5) is 0 Å². The molecule has 0 fully saturated rings. The van der Waals surface area contributed by atoms with Gasteiger partial charge in [-0.1, -0.05) is 24.9 Å². The third kappa shape index (κ3) is 4.29. The smallest absolute Gasteiger partial charge is 0.141 e. The average molecular weight is 286 g/mol. The Morgan fingerprint density at radius 2 is 1.84 bits per heavy atom. The molecule has 108 valence electrons. The third-order valence-electron chi connectivity index (χ3n) is 3.34. The lowest BCUT2D eigenvalue weighted by Gasteiger charge is -2.20. The second kappa shape index (κ2) is 8.28. The lowest BCUT2D eigenvalue weighted by Crippen LogP contribution is -2.06. The second-order valence-electron chi connectivity index (χ2n) is 4.65. The maximum absolute atomic E-state index is 6.23. The van der Waals surface area contributed by atoms with Crippen molar-refractivity contribution in [1.82, 2.24) is 0 Å². The lowest BCUT2D eigenvalue weighted by molar-refractivity contribution is 0.385. The van der Waals surface area contributed by atoms with Crippen molar-refractivity contribution in [2.24, 2.45) is 5.73 Å². The van der Waals surface area contributed by atoms with Crippen LogP contribution in [0.15, 0.2) is 12.1 Å². The molecule has 0 amide bonds. The first kappa shape index (κ1) is 16.1. The molecule has 0 heterocycles. The molecule has 0 bridgehead atoms. The summed E-state index contributed by atoms with van der Waals surface area (Å²) in [6.07, 6.45) is 4.31. The van der Waals surface area contributed by atoms with Crippen molar-refractivity contribution in [3.63, 3.8) is 0 Å².